The molecule has 0 spiro atoms. The Morgan fingerprint density at radius 2 is 1.68 bits per heavy atom. The second kappa shape index (κ2) is 9.18. The maximum atomic E-state index is 12.6. The van der Waals surface area contributed by atoms with E-state index in [2.05, 4.69) is 39.6 Å². The van der Waals surface area contributed by atoms with E-state index in [1.807, 2.05) is 31.2 Å². The minimum Gasteiger partial charge on any atom is -0.416 e. The van der Waals surface area contributed by atoms with E-state index >= 15 is 0 Å². The summed E-state index contributed by atoms with van der Waals surface area (Å²) in [5.74, 6) is 1.02. The third-order valence-electron chi connectivity index (χ3n) is 5.19. The Kier molecular flexibility index (Phi) is 6.18. The van der Waals surface area contributed by atoms with Crippen LogP contribution in [0.15, 0.2) is 52.9 Å². The van der Waals surface area contributed by atoms with Crippen LogP contribution in [0.4, 0.5) is 5.13 Å². The fraction of sp³-hybridized carbons (Fsp3) is 0.261. The first kappa shape index (κ1) is 20.9. The summed E-state index contributed by atoms with van der Waals surface area (Å²) in [5, 5.41) is 20.9. The molecule has 1 N–H and O–H groups in total. The zero-order chi connectivity index (χ0) is 21.8. The highest BCUT2D eigenvalue weighted by Crippen LogP contribution is 2.29. The molecule has 0 fully saturated rings. The molecule has 0 aliphatic carbocycles. The predicted molar refractivity (Wildman–Crippen MR) is 121 cm³/mol. The number of nitrogens with one attached hydrogen (secondary N) is 1. The Labute approximate surface area is 184 Å². The molecule has 0 unspecified atom stereocenters. The Bertz CT molecular complexity index is 1180. The third-order valence-corrected chi connectivity index (χ3v) is 6.19. The number of benzene rings is 2. The number of rotatable bonds is 7. The van der Waals surface area contributed by atoms with E-state index in [-0.39, 0.29) is 5.91 Å². The van der Waals surface area contributed by atoms with Crippen molar-refractivity contribution in [3.05, 3.63) is 64.7 Å². The number of hydrogen-bond donors (Lipinski definition) is 1. The van der Waals surface area contributed by atoms with Crippen molar-refractivity contribution in [3.8, 4) is 22.9 Å². The highest BCUT2D eigenvalue weighted by molar-refractivity contribution is 7.15. The van der Waals surface area contributed by atoms with Gasteiger partial charge in [-0.1, -0.05) is 43.4 Å². The molecular weight excluding hydrogens is 410 g/mol. The van der Waals surface area contributed by atoms with Crippen molar-refractivity contribution < 1.29 is 9.21 Å². The lowest BCUT2D eigenvalue weighted by Gasteiger charge is -2.05. The molecule has 4 aromatic rings. The summed E-state index contributed by atoms with van der Waals surface area (Å²) < 4.78 is 5.84. The summed E-state index contributed by atoms with van der Waals surface area (Å²) >= 11 is 1.43. The molecule has 0 saturated heterocycles. The van der Waals surface area contributed by atoms with Crippen LogP contribution < -0.4 is 5.32 Å². The molecule has 0 radical (unpaired) electrons. The molecule has 0 aliphatic rings. The Hall–Kier alpha value is -3.39. The summed E-state index contributed by atoms with van der Waals surface area (Å²) in [5.41, 5.74) is 3.23. The summed E-state index contributed by atoms with van der Waals surface area (Å²) in [6.45, 7) is 6.25. The SMILES string of the molecule is CCC(CC)c1nnc(NC(=O)c2ccc(-c3nnc(-c4ccccc4C)o3)cc2)s1. The van der Waals surface area contributed by atoms with E-state index in [0.29, 0.717) is 28.4 Å². The monoisotopic (exact) mass is 433 g/mol. The fourth-order valence-corrected chi connectivity index (χ4v) is 4.29. The average Bonchev–Trinajstić information content (AvgIpc) is 3.45. The van der Waals surface area contributed by atoms with Crippen molar-refractivity contribution >= 4 is 22.4 Å². The maximum absolute atomic E-state index is 12.6. The molecule has 7 nitrogen and oxygen atoms in total. The van der Waals surface area contributed by atoms with Gasteiger partial charge in [0.2, 0.25) is 16.9 Å². The van der Waals surface area contributed by atoms with Gasteiger partial charge in [0.25, 0.3) is 5.91 Å². The van der Waals surface area contributed by atoms with Gasteiger partial charge in [-0.15, -0.1) is 20.4 Å². The van der Waals surface area contributed by atoms with E-state index in [0.717, 1.165) is 34.5 Å². The minimum absolute atomic E-state index is 0.232. The van der Waals surface area contributed by atoms with Crippen LogP contribution in [0.2, 0.25) is 0 Å². The molecule has 31 heavy (non-hydrogen) atoms. The summed E-state index contributed by atoms with van der Waals surface area (Å²) in [6.07, 6.45) is 2.00. The van der Waals surface area contributed by atoms with Crippen LogP contribution in [0.5, 0.6) is 0 Å². The number of hydrogen-bond acceptors (Lipinski definition) is 7. The Morgan fingerprint density at radius 1 is 0.968 bits per heavy atom. The Morgan fingerprint density at radius 3 is 2.39 bits per heavy atom. The van der Waals surface area contributed by atoms with Gasteiger partial charge in [-0.3, -0.25) is 10.1 Å². The van der Waals surface area contributed by atoms with E-state index in [1.165, 1.54) is 11.3 Å². The van der Waals surface area contributed by atoms with Crippen LogP contribution in [-0.4, -0.2) is 26.3 Å². The van der Waals surface area contributed by atoms with Crippen molar-refractivity contribution in [1.82, 2.24) is 20.4 Å². The number of aryl methyl sites for hydroxylation is 1. The predicted octanol–water partition coefficient (Wildman–Crippen LogP) is 5.72. The molecule has 2 heterocycles. The molecule has 0 bridgehead atoms. The highest BCUT2D eigenvalue weighted by atomic mass is 32.1. The summed E-state index contributed by atoms with van der Waals surface area (Å²) in [7, 11) is 0. The maximum Gasteiger partial charge on any atom is 0.257 e. The molecule has 0 saturated carbocycles. The Balaban J connectivity index is 1.46. The van der Waals surface area contributed by atoms with Gasteiger partial charge >= 0.3 is 0 Å². The van der Waals surface area contributed by atoms with E-state index in [4.69, 9.17) is 4.42 Å². The third kappa shape index (κ3) is 4.54. The van der Waals surface area contributed by atoms with Gasteiger partial charge in [0.1, 0.15) is 5.01 Å². The summed E-state index contributed by atoms with van der Waals surface area (Å²) in [4.78, 5) is 12.6. The van der Waals surface area contributed by atoms with E-state index in [1.54, 1.807) is 24.3 Å². The molecule has 2 aromatic carbocycles. The number of amides is 1. The molecule has 158 valence electrons. The standard InChI is InChI=1S/C23H23N5O2S/c1-4-15(5-2)22-27-28-23(31-22)24-19(29)16-10-12-17(13-11-16)20-25-26-21(30-20)18-9-7-6-8-14(18)3/h6-13,15H,4-5H2,1-3H3,(H,24,28,29). The second-order valence-corrected chi connectivity index (χ2v) is 8.23. The molecule has 8 heteroatoms. The minimum atomic E-state index is -0.232. The van der Waals surface area contributed by atoms with E-state index < -0.39 is 0 Å². The smallest absolute Gasteiger partial charge is 0.257 e. The lowest BCUT2D eigenvalue weighted by molar-refractivity contribution is 0.102. The van der Waals surface area contributed by atoms with Gasteiger partial charge in [0.05, 0.1) is 0 Å². The number of carbonyl (C=O) groups excluding carboxylic acids is 1. The van der Waals surface area contributed by atoms with E-state index in [9.17, 15) is 4.79 Å². The number of aromatic nitrogens is 4. The second-order valence-electron chi connectivity index (χ2n) is 7.22. The van der Waals surface area contributed by atoms with Crippen LogP contribution in [0, 0.1) is 6.92 Å². The first-order valence-electron chi connectivity index (χ1n) is 10.2. The highest BCUT2D eigenvalue weighted by Gasteiger charge is 2.16. The van der Waals surface area contributed by atoms with Gasteiger partial charge in [0.15, 0.2) is 0 Å². The largest absolute Gasteiger partial charge is 0.416 e. The molecular formula is C23H23N5O2S. The van der Waals surface area contributed by atoms with Crippen LogP contribution >= 0.6 is 11.3 Å². The summed E-state index contributed by atoms with van der Waals surface area (Å²) in [6, 6.07) is 14.9. The molecule has 0 atom stereocenters. The van der Waals surface area contributed by atoms with Crippen molar-refractivity contribution in [2.45, 2.75) is 39.5 Å². The van der Waals surface area contributed by atoms with Gasteiger partial charge in [-0.25, -0.2) is 0 Å². The van der Waals surface area contributed by atoms with Gasteiger partial charge in [-0.05, 0) is 55.7 Å². The zero-order valence-electron chi connectivity index (χ0n) is 17.6. The molecule has 1 amide bonds. The topological polar surface area (TPSA) is 93.8 Å². The lowest BCUT2D eigenvalue weighted by Crippen LogP contribution is -2.11. The van der Waals surface area contributed by atoms with Gasteiger partial charge < -0.3 is 4.42 Å². The quantitative estimate of drug-likeness (QED) is 0.401. The molecule has 2 aromatic heterocycles. The molecule has 4 rings (SSSR count). The van der Waals surface area contributed by atoms with Crippen molar-refractivity contribution in [3.63, 3.8) is 0 Å². The van der Waals surface area contributed by atoms with Crippen LogP contribution in [0.25, 0.3) is 22.9 Å². The average molecular weight is 434 g/mol. The van der Waals surface area contributed by atoms with Crippen LogP contribution in [0.3, 0.4) is 0 Å². The first-order valence-corrected chi connectivity index (χ1v) is 11.0. The first-order chi connectivity index (χ1) is 15.1. The zero-order valence-corrected chi connectivity index (χ0v) is 18.4. The lowest BCUT2D eigenvalue weighted by atomic mass is 10.1. The van der Waals surface area contributed by atoms with Crippen LogP contribution in [-0.2, 0) is 0 Å². The van der Waals surface area contributed by atoms with Crippen molar-refractivity contribution in [2.75, 3.05) is 5.32 Å². The fourth-order valence-electron chi connectivity index (χ4n) is 3.28. The number of anilines is 1. The van der Waals surface area contributed by atoms with Crippen LogP contribution in [0.1, 0.15) is 53.5 Å². The van der Waals surface area contributed by atoms with Gasteiger partial charge in [0, 0.05) is 22.6 Å². The number of nitrogens with zero attached hydrogens (tertiary/aromatic N) is 4. The molecule has 0 aliphatic heterocycles. The normalized spacial score (nSPS) is 11.1. The number of carbonyl (C=O) groups is 1. The van der Waals surface area contributed by atoms with Gasteiger partial charge in [-0.2, -0.15) is 0 Å². The van der Waals surface area contributed by atoms with Crippen molar-refractivity contribution in [1.29, 1.82) is 0 Å². The van der Waals surface area contributed by atoms with Crippen molar-refractivity contribution in [2.24, 2.45) is 0 Å².